The number of hydrogen-bond donors (Lipinski definition) is 1. The van der Waals surface area contributed by atoms with E-state index in [9.17, 15) is 9.90 Å². The van der Waals surface area contributed by atoms with Crippen LogP contribution in [0.3, 0.4) is 0 Å². The van der Waals surface area contributed by atoms with E-state index >= 15 is 0 Å². The Balaban J connectivity index is 3.13. The van der Waals surface area contributed by atoms with E-state index < -0.39 is 0 Å². The first-order valence-corrected chi connectivity index (χ1v) is 6.29. The van der Waals surface area contributed by atoms with Crippen LogP contribution in [0.2, 0.25) is 0 Å². The zero-order valence-corrected chi connectivity index (χ0v) is 11.2. The fourth-order valence-electron chi connectivity index (χ4n) is 1.61. The minimum atomic E-state index is -0.141. The molecule has 0 bridgehead atoms. The number of carbonyl (C=O) groups is 1. The van der Waals surface area contributed by atoms with Gasteiger partial charge in [-0.2, -0.15) is 0 Å². The first-order chi connectivity index (χ1) is 8.63. The second-order valence-electron chi connectivity index (χ2n) is 3.87. The number of aromatic hydroxyl groups is 1. The van der Waals surface area contributed by atoms with Crippen molar-refractivity contribution in [3.8, 4) is 17.2 Å². The van der Waals surface area contributed by atoms with E-state index in [2.05, 4.69) is 0 Å². The Morgan fingerprint density at radius 1 is 1.22 bits per heavy atom. The Kier molecular flexibility index (Phi) is 5.49. The SMILES string of the molecule is CCCOc1cc(O)c(C(=O)CC)c(OCC)c1. The zero-order chi connectivity index (χ0) is 13.5. The molecule has 1 aromatic rings. The van der Waals surface area contributed by atoms with Crippen molar-refractivity contribution in [3.63, 3.8) is 0 Å². The van der Waals surface area contributed by atoms with E-state index in [0.29, 0.717) is 31.1 Å². The van der Waals surface area contributed by atoms with Gasteiger partial charge in [0.05, 0.1) is 13.2 Å². The Bertz CT molecular complexity index is 413. The van der Waals surface area contributed by atoms with Gasteiger partial charge in [-0.1, -0.05) is 13.8 Å². The molecular weight excluding hydrogens is 232 g/mol. The van der Waals surface area contributed by atoms with Gasteiger partial charge in [0.15, 0.2) is 5.78 Å². The van der Waals surface area contributed by atoms with Crippen LogP contribution in [0.5, 0.6) is 17.2 Å². The summed E-state index contributed by atoms with van der Waals surface area (Å²) in [6.07, 6.45) is 1.20. The average Bonchev–Trinajstić information content (AvgIpc) is 2.35. The Morgan fingerprint density at radius 3 is 2.50 bits per heavy atom. The zero-order valence-electron chi connectivity index (χ0n) is 11.2. The number of rotatable bonds is 7. The predicted octanol–water partition coefficient (Wildman–Crippen LogP) is 3.17. The summed E-state index contributed by atoms with van der Waals surface area (Å²) in [6, 6.07) is 3.11. The molecule has 1 rings (SSSR count). The van der Waals surface area contributed by atoms with E-state index in [1.54, 1.807) is 13.0 Å². The van der Waals surface area contributed by atoms with Crippen LogP contribution in [-0.2, 0) is 0 Å². The molecule has 0 aliphatic rings. The molecule has 1 aromatic carbocycles. The van der Waals surface area contributed by atoms with Crippen LogP contribution >= 0.6 is 0 Å². The number of hydrogen-bond acceptors (Lipinski definition) is 4. The summed E-state index contributed by atoms with van der Waals surface area (Å²) >= 11 is 0. The third-order valence-electron chi connectivity index (χ3n) is 2.43. The number of Topliss-reactive ketones (excluding diaryl/α,β-unsaturated/α-hetero) is 1. The summed E-state index contributed by atoms with van der Waals surface area (Å²) in [7, 11) is 0. The lowest BCUT2D eigenvalue weighted by Gasteiger charge is -2.13. The molecule has 4 heteroatoms. The van der Waals surface area contributed by atoms with Crippen molar-refractivity contribution in [1.29, 1.82) is 0 Å². The fourth-order valence-corrected chi connectivity index (χ4v) is 1.61. The van der Waals surface area contributed by atoms with Gasteiger partial charge in [-0.05, 0) is 13.3 Å². The fraction of sp³-hybridized carbons (Fsp3) is 0.500. The number of ketones is 1. The molecule has 0 fully saturated rings. The molecule has 0 atom stereocenters. The van der Waals surface area contributed by atoms with E-state index in [0.717, 1.165) is 6.42 Å². The van der Waals surface area contributed by atoms with Gasteiger partial charge < -0.3 is 14.6 Å². The quantitative estimate of drug-likeness (QED) is 0.757. The van der Waals surface area contributed by atoms with Gasteiger partial charge in [-0.3, -0.25) is 4.79 Å². The van der Waals surface area contributed by atoms with Crippen molar-refractivity contribution in [2.45, 2.75) is 33.6 Å². The van der Waals surface area contributed by atoms with Crippen LogP contribution in [0.25, 0.3) is 0 Å². The van der Waals surface area contributed by atoms with E-state index in [4.69, 9.17) is 9.47 Å². The smallest absolute Gasteiger partial charge is 0.170 e. The topological polar surface area (TPSA) is 55.8 Å². The van der Waals surface area contributed by atoms with Crippen molar-refractivity contribution in [1.82, 2.24) is 0 Å². The number of benzene rings is 1. The maximum atomic E-state index is 11.8. The van der Waals surface area contributed by atoms with Crippen LogP contribution in [-0.4, -0.2) is 24.1 Å². The molecule has 0 saturated carbocycles. The van der Waals surface area contributed by atoms with E-state index in [-0.39, 0.29) is 17.1 Å². The van der Waals surface area contributed by atoms with E-state index in [1.165, 1.54) is 6.07 Å². The van der Waals surface area contributed by atoms with E-state index in [1.807, 2.05) is 13.8 Å². The monoisotopic (exact) mass is 252 g/mol. The van der Waals surface area contributed by atoms with Crippen LogP contribution in [0.4, 0.5) is 0 Å². The molecule has 18 heavy (non-hydrogen) atoms. The molecular formula is C14H20O4. The van der Waals surface area contributed by atoms with Crippen LogP contribution in [0.1, 0.15) is 44.0 Å². The Labute approximate surface area is 108 Å². The summed E-state index contributed by atoms with van der Waals surface area (Å²) in [5, 5.41) is 9.92. The third kappa shape index (κ3) is 3.39. The number of carbonyl (C=O) groups excluding carboxylic acids is 1. The van der Waals surface area contributed by atoms with Crippen molar-refractivity contribution >= 4 is 5.78 Å². The number of ether oxygens (including phenoxy) is 2. The predicted molar refractivity (Wildman–Crippen MR) is 69.7 cm³/mol. The number of phenols is 1. The molecule has 0 heterocycles. The summed E-state index contributed by atoms with van der Waals surface area (Å²) < 4.78 is 10.8. The molecule has 0 spiro atoms. The van der Waals surface area contributed by atoms with Gasteiger partial charge >= 0.3 is 0 Å². The summed E-state index contributed by atoms with van der Waals surface area (Å²) in [6.45, 7) is 6.57. The van der Waals surface area contributed by atoms with Gasteiger partial charge in [0.2, 0.25) is 0 Å². The summed E-state index contributed by atoms with van der Waals surface area (Å²) in [5.74, 6) is 0.679. The lowest BCUT2D eigenvalue weighted by molar-refractivity contribution is 0.0981. The first kappa shape index (κ1) is 14.4. The highest BCUT2D eigenvalue weighted by Crippen LogP contribution is 2.34. The van der Waals surface area contributed by atoms with Crippen molar-refractivity contribution < 1.29 is 19.4 Å². The van der Waals surface area contributed by atoms with Crippen molar-refractivity contribution in [3.05, 3.63) is 17.7 Å². The standard InChI is InChI=1S/C14H20O4/c1-4-7-18-10-8-12(16)14(11(15)5-2)13(9-10)17-6-3/h8-9,16H,4-7H2,1-3H3. The van der Waals surface area contributed by atoms with Crippen molar-refractivity contribution in [2.75, 3.05) is 13.2 Å². The van der Waals surface area contributed by atoms with Gasteiger partial charge in [0.25, 0.3) is 0 Å². The summed E-state index contributed by atoms with van der Waals surface area (Å²) in [5.41, 5.74) is 0.239. The molecule has 0 aliphatic heterocycles. The summed E-state index contributed by atoms with van der Waals surface area (Å²) in [4.78, 5) is 11.8. The molecule has 0 aromatic heterocycles. The molecule has 0 radical (unpaired) electrons. The molecule has 100 valence electrons. The molecule has 4 nitrogen and oxygen atoms in total. The van der Waals surface area contributed by atoms with Gasteiger partial charge in [0.1, 0.15) is 22.8 Å². The highest BCUT2D eigenvalue weighted by Gasteiger charge is 2.18. The largest absolute Gasteiger partial charge is 0.507 e. The lowest BCUT2D eigenvalue weighted by atomic mass is 10.1. The molecule has 1 N–H and O–H groups in total. The minimum Gasteiger partial charge on any atom is -0.507 e. The second kappa shape index (κ2) is 6.89. The highest BCUT2D eigenvalue weighted by molar-refractivity contribution is 6.01. The van der Waals surface area contributed by atoms with Crippen LogP contribution in [0, 0.1) is 0 Å². The molecule has 0 aliphatic carbocycles. The Hall–Kier alpha value is -1.71. The molecule has 0 amide bonds. The maximum Gasteiger partial charge on any atom is 0.170 e. The normalized spacial score (nSPS) is 10.2. The van der Waals surface area contributed by atoms with Crippen LogP contribution < -0.4 is 9.47 Å². The first-order valence-electron chi connectivity index (χ1n) is 6.29. The maximum absolute atomic E-state index is 11.8. The highest BCUT2D eigenvalue weighted by atomic mass is 16.5. The average molecular weight is 252 g/mol. The third-order valence-corrected chi connectivity index (χ3v) is 2.43. The van der Waals surface area contributed by atoms with Crippen LogP contribution in [0.15, 0.2) is 12.1 Å². The van der Waals surface area contributed by atoms with Crippen molar-refractivity contribution in [2.24, 2.45) is 0 Å². The van der Waals surface area contributed by atoms with Gasteiger partial charge in [0, 0.05) is 18.6 Å². The second-order valence-corrected chi connectivity index (χ2v) is 3.87. The van der Waals surface area contributed by atoms with Gasteiger partial charge in [-0.15, -0.1) is 0 Å². The number of phenolic OH excluding ortho intramolecular Hbond substituents is 1. The minimum absolute atomic E-state index is 0.0843. The molecule has 0 unspecified atom stereocenters. The lowest BCUT2D eigenvalue weighted by Crippen LogP contribution is -2.04. The Morgan fingerprint density at radius 2 is 1.94 bits per heavy atom. The van der Waals surface area contributed by atoms with Gasteiger partial charge in [-0.25, -0.2) is 0 Å². The molecule has 0 saturated heterocycles.